The number of carbonyl (C=O) groups excluding carboxylic acids is 4. The number of nitrogens with zero attached hydrogens (tertiary/aromatic N) is 1. The monoisotopic (exact) mass is 464 g/mol. The number of rotatable bonds is 6. The quantitative estimate of drug-likeness (QED) is 0.533. The van der Waals surface area contributed by atoms with E-state index in [2.05, 4.69) is 5.32 Å². The molecule has 1 saturated heterocycles. The zero-order valence-corrected chi connectivity index (χ0v) is 19.0. The summed E-state index contributed by atoms with van der Waals surface area (Å²) in [6.45, 7) is 3.67. The Labute approximate surface area is 193 Å². The molecule has 3 amide bonds. The fraction of sp³-hybridized carbons (Fsp3) is 0.167. The second kappa shape index (κ2) is 9.10. The van der Waals surface area contributed by atoms with Gasteiger partial charge in [0.1, 0.15) is 0 Å². The molecular weight excluding hydrogens is 444 g/mol. The molecule has 6 nitrogen and oxygen atoms in total. The molecule has 0 spiro atoms. The van der Waals surface area contributed by atoms with Crippen LogP contribution in [0, 0.1) is 6.92 Å². The lowest BCUT2D eigenvalue weighted by atomic mass is 10.1. The van der Waals surface area contributed by atoms with E-state index in [0.29, 0.717) is 21.0 Å². The molecule has 0 radical (unpaired) electrons. The van der Waals surface area contributed by atoms with Gasteiger partial charge in [0.05, 0.1) is 10.8 Å². The number of amides is 3. The number of aryl methyl sites for hydroxylation is 1. The summed E-state index contributed by atoms with van der Waals surface area (Å²) in [5.74, 6) is -1.56. The third-order valence-electron chi connectivity index (χ3n) is 5.14. The van der Waals surface area contributed by atoms with Crippen LogP contribution in [0.3, 0.4) is 0 Å². The van der Waals surface area contributed by atoms with Crippen LogP contribution >= 0.6 is 23.1 Å². The lowest BCUT2D eigenvalue weighted by molar-refractivity contribution is -0.124. The Balaban J connectivity index is 1.63. The molecule has 1 aliphatic rings. The molecular formula is C24H20N2O4S2. The van der Waals surface area contributed by atoms with Crippen LogP contribution in [-0.4, -0.2) is 28.2 Å². The highest BCUT2D eigenvalue weighted by Crippen LogP contribution is 2.34. The maximum atomic E-state index is 13.6. The number of benzene rings is 2. The van der Waals surface area contributed by atoms with Crippen LogP contribution in [0.25, 0.3) is 0 Å². The summed E-state index contributed by atoms with van der Waals surface area (Å²) in [6.07, 6.45) is 0. The van der Waals surface area contributed by atoms with Crippen molar-refractivity contribution >= 4 is 51.6 Å². The first kappa shape index (κ1) is 22.0. The molecule has 162 valence electrons. The van der Waals surface area contributed by atoms with Crippen molar-refractivity contribution < 1.29 is 19.2 Å². The molecule has 2 atom stereocenters. The zero-order chi connectivity index (χ0) is 22.8. The van der Waals surface area contributed by atoms with Gasteiger partial charge in [-0.05, 0) is 49.9 Å². The van der Waals surface area contributed by atoms with Crippen LogP contribution in [0.2, 0.25) is 0 Å². The molecule has 3 aromatic rings. The smallest absolute Gasteiger partial charge is 0.288 e. The molecule has 2 heterocycles. The summed E-state index contributed by atoms with van der Waals surface area (Å²) in [7, 11) is 0. The number of nitrogens with one attached hydrogen (secondary N) is 1. The van der Waals surface area contributed by atoms with Gasteiger partial charge in [-0.3, -0.25) is 29.4 Å². The minimum atomic E-state index is -0.981. The average Bonchev–Trinajstić information content (AvgIpc) is 3.41. The second-order valence-electron chi connectivity index (χ2n) is 7.41. The van der Waals surface area contributed by atoms with Crippen molar-refractivity contribution in [3.05, 3.63) is 87.6 Å². The Morgan fingerprint density at radius 1 is 0.969 bits per heavy atom. The Morgan fingerprint density at radius 2 is 1.66 bits per heavy atom. The minimum Gasteiger partial charge on any atom is -0.290 e. The fourth-order valence-corrected chi connectivity index (χ4v) is 5.24. The van der Waals surface area contributed by atoms with Crippen molar-refractivity contribution in [3.8, 4) is 0 Å². The van der Waals surface area contributed by atoms with Gasteiger partial charge in [-0.2, -0.15) is 0 Å². The number of anilines is 1. The van der Waals surface area contributed by atoms with Crippen LogP contribution in [0.5, 0.6) is 0 Å². The number of hydrogen-bond donors (Lipinski definition) is 1. The lowest BCUT2D eigenvalue weighted by Crippen LogP contribution is -2.45. The van der Waals surface area contributed by atoms with Crippen molar-refractivity contribution in [3.63, 3.8) is 0 Å². The number of thiophene rings is 1. The Hall–Kier alpha value is -3.23. The van der Waals surface area contributed by atoms with Crippen molar-refractivity contribution in [1.82, 2.24) is 5.32 Å². The van der Waals surface area contributed by atoms with Gasteiger partial charge >= 0.3 is 0 Å². The van der Waals surface area contributed by atoms with E-state index in [-0.39, 0.29) is 11.7 Å². The SMILES string of the molecule is Cc1ccc(N(C(=O)C(C)c2ccc(C(=O)c3ccccc3)s2)C2SC(=O)NC2=O)cc1. The van der Waals surface area contributed by atoms with Gasteiger partial charge in [-0.15, -0.1) is 11.3 Å². The highest BCUT2D eigenvalue weighted by molar-refractivity contribution is 8.15. The van der Waals surface area contributed by atoms with Crippen LogP contribution < -0.4 is 10.2 Å². The fourth-order valence-electron chi connectivity index (χ4n) is 3.37. The van der Waals surface area contributed by atoms with E-state index in [1.165, 1.54) is 16.2 Å². The van der Waals surface area contributed by atoms with E-state index in [1.54, 1.807) is 55.5 Å². The predicted molar refractivity (Wildman–Crippen MR) is 126 cm³/mol. The molecule has 0 bridgehead atoms. The Bertz CT molecular complexity index is 1190. The Kier molecular flexibility index (Phi) is 6.25. The highest BCUT2D eigenvalue weighted by atomic mass is 32.2. The first-order valence-corrected chi connectivity index (χ1v) is 11.7. The van der Waals surface area contributed by atoms with Gasteiger partial charge in [0.15, 0.2) is 5.37 Å². The molecule has 4 rings (SSSR count). The van der Waals surface area contributed by atoms with E-state index in [9.17, 15) is 19.2 Å². The topological polar surface area (TPSA) is 83.6 Å². The van der Waals surface area contributed by atoms with E-state index in [0.717, 1.165) is 17.3 Å². The highest BCUT2D eigenvalue weighted by Gasteiger charge is 2.41. The van der Waals surface area contributed by atoms with Gasteiger partial charge in [-0.25, -0.2) is 0 Å². The van der Waals surface area contributed by atoms with Crippen molar-refractivity contribution in [2.75, 3.05) is 4.90 Å². The van der Waals surface area contributed by atoms with Crippen LogP contribution in [0.4, 0.5) is 10.5 Å². The predicted octanol–water partition coefficient (Wildman–Crippen LogP) is 4.73. The first-order valence-electron chi connectivity index (χ1n) is 9.96. The Morgan fingerprint density at radius 3 is 2.28 bits per heavy atom. The average molecular weight is 465 g/mol. The number of thioether (sulfide) groups is 1. The van der Waals surface area contributed by atoms with Crippen LogP contribution in [0.1, 0.15) is 38.5 Å². The normalized spacial score (nSPS) is 16.5. The van der Waals surface area contributed by atoms with Gasteiger partial charge in [0.25, 0.3) is 11.1 Å². The summed E-state index contributed by atoms with van der Waals surface area (Å²) < 4.78 is 0. The summed E-state index contributed by atoms with van der Waals surface area (Å²) in [6, 6.07) is 19.7. The molecule has 2 unspecified atom stereocenters. The molecule has 2 aromatic carbocycles. The summed E-state index contributed by atoms with van der Waals surface area (Å²) in [4.78, 5) is 53.1. The standard InChI is InChI=1S/C24H20N2O4S2/c1-14-8-10-17(11-9-14)26(23-21(28)25-24(30)32-23)22(29)15(2)18-12-13-19(31-18)20(27)16-6-4-3-5-7-16/h3-13,15,23H,1-2H3,(H,25,28,30). The van der Waals surface area contributed by atoms with E-state index < -0.39 is 22.4 Å². The molecule has 8 heteroatoms. The summed E-state index contributed by atoms with van der Waals surface area (Å²) in [5.41, 5.74) is 2.13. The maximum Gasteiger partial charge on any atom is 0.288 e. The first-order chi connectivity index (χ1) is 15.3. The second-order valence-corrected chi connectivity index (χ2v) is 9.58. The van der Waals surface area contributed by atoms with Crippen molar-refractivity contribution in [2.24, 2.45) is 0 Å². The minimum absolute atomic E-state index is 0.104. The van der Waals surface area contributed by atoms with Crippen molar-refractivity contribution in [1.29, 1.82) is 0 Å². The number of imide groups is 1. The molecule has 1 aromatic heterocycles. The largest absolute Gasteiger partial charge is 0.290 e. The van der Waals surface area contributed by atoms with E-state index in [4.69, 9.17) is 0 Å². The molecule has 0 saturated carbocycles. The van der Waals surface area contributed by atoms with E-state index in [1.807, 2.05) is 25.1 Å². The van der Waals surface area contributed by atoms with Gasteiger partial charge in [-0.1, -0.05) is 48.0 Å². The zero-order valence-electron chi connectivity index (χ0n) is 17.4. The van der Waals surface area contributed by atoms with Gasteiger partial charge in [0, 0.05) is 16.1 Å². The summed E-state index contributed by atoms with van der Waals surface area (Å²) >= 11 is 2.04. The number of carbonyl (C=O) groups is 4. The summed E-state index contributed by atoms with van der Waals surface area (Å²) in [5, 5.41) is 0.785. The molecule has 1 N–H and O–H groups in total. The van der Waals surface area contributed by atoms with Crippen molar-refractivity contribution in [2.45, 2.75) is 25.1 Å². The lowest BCUT2D eigenvalue weighted by Gasteiger charge is -2.28. The number of hydrogen-bond acceptors (Lipinski definition) is 6. The van der Waals surface area contributed by atoms with Crippen LogP contribution in [-0.2, 0) is 9.59 Å². The third-order valence-corrected chi connectivity index (χ3v) is 7.37. The molecule has 32 heavy (non-hydrogen) atoms. The molecule has 0 aliphatic carbocycles. The van der Waals surface area contributed by atoms with Gasteiger partial charge < -0.3 is 0 Å². The van der Waals surface area contributed by atoms with Crippen LogP contribution in [0.15, 0.2) is 66.7 Å². The molecule has 1 aliphatic heterocycles. The van der Waals surface area contributed by atoms with E-state index >= 15 is 0 Å². The third kappa shape index (κ3) is 4.37. The maximum absolute atomic E-state index is 13.6. The number of ketones is 1. The van der Waals surface area contributed by atoms with Gasteiger partial charge in [0.2, 0.25) is 11.7 Å². The molecule has 1 fully saturated rings.